The number of pyridine rings is 1. The number of aryl methyl sites for hydroxylation is 1. The Morgan fingerprint density at radius 2 is 1.84 bits per heavy atom. The number of ether oxygens (including phenoxy) is 1. The Hall–Kier alpha value is -3.73. The molecule has 0 aliphatic rings. The minimum atomic E-state index is -0.310. The fourth-order valence-electron chi connectivity index (χ4n) is 3.74. The van der Waals surface area contributed by atoms with E-state index in [-0.39, 0.29) is 18.1 Å². The molecule has 0 spiro atoms. The van der Waals surface area contributed by atoms with Gasteiger partial charge in [-0.3, -0.25) is 9.78 Å². The van der Waals surface area contributed by atoms with Gasteiger partial charge in [0, 0.05) is 24.3 Å². The average molecular weight is 414 g/mol. The summed E-state index contributed by atoms with van der Waals surface area (Å²) in [7, 11) is 1.67. The third-order valence-corrected chi connectivity index (χ3v) is 5.37. The van der Waals surface area contributed by atoms with Crippen molar-refractivity contribution in [2.45, 2.75) is 19.9 Å². The summed E-state index contributed by atoms with van der Waals surface area (Å²) >= 11 is 0. The van der Waals surface area contributed by atoms with E-state index in [1.54, 1.807) is 25.4 Å². The molecule has 0 saturated carbocycles. The van der Waals surface area contributed by atoms with Crippen molar-refractivity contribution in [1.29, 1.82) is 0 Å². The molecule has 0 fully saturated rings. The van der Waals surface area contributed by atoms with E-state index >= 15 is 0 Å². The van der Waals surface area contributed by atoms with Crippen LogP contribution in [0.2, 0.25) is 0 Å². The minimum Gasteiger partial charge on any atom is -0.496 e. The van der Waals surface area contributed by atoms with Crippen LogP contribution in [0.5, 0.6) is 5.75 Å². The molecule has 4 rings (SSSR count). The Labute approximate surface area is 180 Å². The number of hydrogen-bond donors (Lipinski definition) is 1. The summed E-state index contributed by atoms with van der Waals surface area (Å²) in [6, 6.07) is 18.2. The topological polar surface area (TPSA) is 51.2 Å². The van der Waals surface area contributed by atoms with Crippen LogP contribution in [0.3, 0.4) is 0 Å². The van der Waals surface area contributed by atoms with Gasteiger partial charge in [0.1, 0.15) is 11.6 Å². The van der Waals surface area contributed by atoms with Crippen molar-refractivity contribution in [3.8, 4) is 16.9 Å². The summed E-state index contributed by atoms with van der Waals surface area (Å²) in [5, 5.41) is 5.03. The van der Waals surface area contributed by atoms with E-state index < -0.39 is 0 Å². The largest absolute Gasteiger partial charge is 0.496 e. The molecule has 0 unspecified atom stereocenters. The first kappa shape index (κ1) is 20.5. The van der Waals surface area contributed by atoms with Crippen LogP contribution in [0.25, 0.3) is 21.9 Å². The van der Waals surface area contributed by atoms with Gasteiger partial charge < -0.3 is 10.1 Å². The zero-order chi connectivity index (χ0) is 21.8. The van der Waals surface area contributed by atoms with Gasteiger partial charge in [0.2, 0.25) is 5.91 Å². The average Bonchev–Trinajstić information content (AvgIpc) is 2.79. The Kier molecular flexibility index (Phi) is 5.94. The van der Waals surface area contributed by atoms with Crippen molar-refractivity contribution in [3.05, 3.63) is 95.6 Å². The zero-order valence-corrected chi connectivity index (χ0v) is 17.5. The Balaban J connectivity index is 1.57. The van der Waals surface area contributed by atoms with Gasteiger partial charge in [0.25, 0.3) is 0 Å². The molecule has 4 nitrogen and oxygen atoms in total. The molecule has 0 saturated heterocycles. The molecule has 1 amide bonds. The first-order chi connectivity index (χ1) is 15.0. The van der Waals surface area contributed by atoms with Gasteiger partial charge in [0.15, 0.2) is 0 Å². The van der Waals surface area contributed by atoms with E-state index in [1.807, 2.05) is 37.4 Å². The van der Waals surface area contributed by atoms with Crippen LogP contribution < -0.4 is 10.1 Å². The number of carbonyl (C=O) groups excluding carboxylic acids is 1. The van der Waals surface area contributed by atoms with E-state index in [9.17, 15) is 9.18 Å². The predicted octanol–water partition coefficient (Wildman–Crippen LogP) is 5.22. The molecular formula is C26H23FN2O2. The lowest BCUT2D eigenvalue weighted by Crippen LogP contribution is -2.24. The quantitative estimate of drug-likeness (QED) is 0.471. The van der Waals surface area contributed by atoms with Crippen molar-refractivity contribution >= 4 is 16.7 Å². The first-order valence-corrected chi connectivity index (χ1v) is 10.1. The normalized spacial score (nSPS) is 10.8. The maximum absolute atomic E-state index is 13.0. The number of nitrogens with zero attached hydrogens (tertiary/aromatic N) is 1. The van der Waals surface area contributed by atoms with Gasteiger partial charge in [-0.1, -0.05) is 30.3 Å². The number of carbonyl (C=O) groups is 1. The van der Waals surface area contributed by atoms with E-state index in [2.05, 4.69) is 22.4 Å². The van der Waals surface area contributed by atoms with Crippen LogP contribution in [0.1, 0.15) is 16.7 Å². The fraction of sp³-hybridized carbons (Fsp3) is 0.154. The lowest BCUT2D eigenvalue weighted by Gasteiger charge is -2.13. The summed E-state index contributed by atoms with van der Waals surface area (Å²) in [6.07, 6.45) is 3.81. The van der Waals surface area contributed by atoms with Gasteiger partial charge in [0.05, 0.1) is 13.5 Å². The lowest BCUT2D eigenvalue weighted by atomic mass is 9.95. The summed E-state index contributed by atoms with van der Waals surface area (Å²) in [6.45, 7) is 2.42. The molecule has 0 bridgehead atoms. The smallest absolute Gasteiger partial charge is 0.224 e. The minimum absolute atomic E-state index is 0.112. The van der Waals surface area contributed by atoms with Gasteiger partial charge in [-0.05, 0) is 70.5 Å². The second-order valence-corrected chi connectivity index (χ2v) is 7.46. The number of halogens is 1. The highest BCUT2D eigenvalue weighted by atomic mass is 19.1. The third-order valence-electron chi connectivity index (χ3n) is 5.37. The number of rotatable bonds is 6. The highest BCUT2D eigenvalue weighted by molar-refractivity contribution is 5.98. The number of benzene rings is 3. The lowest BCUT2D eigenvalue weighted by molar-refractivity contribution is -0.120. The number of nitrogens with one attached hydrogen (secondary N) is 1. The number of methoxy groups -OCH3 is 1. The van der Waals surface area contributed by atoms with Gasteiger partial charge >= 0.3 is 0 Å². The molecule has 0 aliphatic carbocycles. The monoisotopic (exact) mass is 414 g/mol. The second-order valence-electron chi connectivity index (χ2n) is 7.46. The Morgan fingerprint density at radius 1 is 1.03 bits per heavy atom. The van der Waals surface area contributed by atoms with E-state index in [0.717, 1.165) is 44.3 Å². The molecule has 4 aromatic rings. The van der Waals surface area contributed by atoms with Crippen molar-refractivity contribution in [2.75, 3.05) is 7.11 Å². The van der Waals surface area contributed by atoms with E-state index in [1.165, 1.54) is 12.1 Å². The molecule has 156 valence electrons. The number of aromatic nitrogens is 1. The highest BCUT2D eigenvalue weighted by Gasteiger charge is 2.11. The van der Waals surface area contributed by atoms with Crippen LogP contribution in [-0.2, 0) is 17.8 Å². The standard InChI is InChI=1S/C26H23FN2O2/c1-17-13-19(6-10-25(17)31-2)22-9-5-20(24-16-28-12-11-23(22)24)15-29-26(30)14-18-3-7-21(27)8-4-18/h3-13,16H,14-15H2,1-2H3,(H,29,30). The summed E-state index contributed by atoms with van der Waals surface area (Å²) in [5.74, 6) is 0.434. The Bertz CT molecular complexity index is 1240. The van der Waals surface area contributed by atoms with Crippen LogP contribution in [0.15, 0.2) is 73.1 Å². The molecule has 0 aliphatic heterocycles. The van der Waals surface area contributed by atoms with Crippen molar-refractivity contribution in [2.24, 2.45) is 0 Å². The SMILES string of the molecule is COc1ccc(-c2ccc(CNC(=O)Cc3ccc(F)cc3)c3cnccc23)cc1C. The molecule has 1 N–H and O–H groups in total. The molecule has 5 heteroatoms. The highest BCUT2D eigenvalue weighted by Crippen LogP contribution is 2.32. The summed E-state index contributed by atoms with van der Waals surface area (Å²) in [5.41, 5.74) is 5.03. The van der Waals surface area contributed by atoms with Crippen molar-refractivity contribution in [1.82, 2.24) is 10.3 Å². The van der Waals surface area contributed by atoms with Gasteiger partial charge in [-0.15, -0.1) is 0 Å². The van der Waals surface area contributed by atoms with Gasteiger partial charge in [-0.25, -0.2) is 4.39 Å². The third kappa shape index (κ3) is 4.56. The van der Waals surface area contributed by atoms with Crippen molar-refractivity contribution < 1.29 is 13.9 Å². The first-order valence-electron chi connectivity index (χ1n) is 10.1. The summed E-state index contributed by atoms with van der Waals surface area (Å²) < 4.78 is 18.4. The Morgan fingerprint density at radius 3 is 2.58 bits per heavy atom. The summed E-state index contributed by atoms with van der Waals surface area (Å²) in [4.78, 5) is 16.6. The molecule has 31 heavy (non-hydrogen) atoms. The predicted molar refractivity (Wildman–Crippen MR) is 120 cm³/mol. The molecular weight excluding hydrogens is 391 g/mol. The van der Waals surface area contributed by atoms with Crippen LogP contribution in [0.4, 0.5) is 4.39 Å². The van der Waals surface area contributed by atoms with Crippen molar-refractivity contribution in [3.63, 3.8) is 0 Å². The number of fused-ring (bicyclic) bond motifs is 1. The molecule has 1 aromatic heterocycles. The van der Waals surface area contributed by atoms with Gasteiger partial charge in [-0.2, -0.15) is 0 Å². The maximum Gasteiger partial charge on any atom is 0.224 e. The second kappa shape index (κ2) is 8.96. The number of amides is 1. The van der Waals surface area contributed by atoms with Crippen LogP contribution in [-0.4, -0.2) is 18.0 Å². The molecule has 1 heterocycles. The fourth-order valence-corrected chi connectivity index (χ4v) is 3.74. The van der Waals surface area contributed by atoms with E-state index in [4.69, 9.17) is 4.74 Å². The van der Waals surface area contributed by atoms with E-state index in [0.29, 0.717) is 6.54 Å². The van der Waals surface area contributed by atoms with Crippen LogP contribution >= 0.6 is 0 Å². The zero-order valence-electron chi connectivity index (χ0n) is 17.5. The van der Waals surface area contributed by atoms with Crippen LogP contribution in [0, 0.1) is 12.7 Å². The maximum atomic E-state index is 13.0. The molecule has 0 radical (unpaired) electrons. The number of hydrogen-bond acceptors (Lipinski definition) is 3. The molecule has 3 aromatic carbocycles. The molecule has 0 atom stereocenters.